The van der Waals surface area contributed by atoms with Gasteiger partial charge in [-0.2, -0.15) is 0 Å². The van der Waals surface area contributed by atoms with Gasteiger partial charge in [0.1, 0.15) is 11.5 Å². The Balaban J connectivity index is 1.64. The second-order valence-corrected chi connectivity index (χ2v) is 10.5. The molecule has 6 heteroatoms. The number of hydrogen-bond acceptors (Lipinski definition) is 4. The van der Waals surface area contributed by atoms with E-state index in [9.17, 15) is 9.46 Å². The molecule has 0 aliphatic heterocycles. The number of halogens is 1. The first-order valence-electron chi connectivity index (χ1n) is 12.5. The van der Waals surface area contributed by atoms with Gasteiger partial charge in [0.15, 0.2) is 0 Å². The molecule has 0 aromatic heterocycles. The first kappa shape index (κ1) is 28.0. The third kappa shape index (κ3) is 12.7. The summed E-state index contributed by atoms with van der Waals surface area (Å²) in [6.45, 7) is 2.26. The van der Waals surface area contributed by atoms with Gasteiger partial charge in [0.05, 0.1) is 0 Å². The van der Waals surface area contributed by atoms with Gasteiger partial charge >= 0.3 is 7.82 Å². The first-order chi connectivity index (χ1) is 16.0. The van der Waals surface area contributed by atoms with E-state index < -0.39 is 7.82 Å². The van der Waals surface area contributed by atoms with Gasteiger partial charge in [-0.25, -0.2) is 4.57 Å². The van der Waals surface area contributed by atoms with E-state index in [-0.39, 0.29) is 5.75 Å². The average Bonchev–Trinajstić information content (AvgIpc) is 2.79. The molecule has 0 bridgehead atoms. The molecule has 33 heavy (non-hydrogen) atoms. The van der Waals surface area contributed by atoms with Crippen LogP contribution in [0, 0.1) is 0 Å². The van der Waals surface area contributed by atoms with Crippen LogP contribution in [0.1, 0.15) is 95.1 Å². The van der Waals surface area contributed by atoms with Crippen molar-refractivity contribution < 1.29 is 18.5 Å². The smallest absolute Gasteiger partial charge is 0.372 e. The Labute approximate surface area is 208 Å². The minimum absolute atomic E-state index is 0.248. The van der Waals surface area contributed by atoms with Crippen LogP contribution < -0.4 is 13.9 Å². The maximum absolute atomic E-state index is 12.3. The molecule has 1 atom stereocenters. The van der Waals surface area contributed by atoms with E-state index in [1.807, 2.05) is 18.2 Å². The van der Waals surface area contributed by atoms with Gasteiger partial charge < -0.3 is 13.9 Å². The van der Waals surface area contributed by atoms with Gasteiger partial charge in [-0.15, -0.1) is 0 Å². The van der Waals surface area contributed by atoms with Crippen LogP contribution in [-0.4, -0.2) is 0 Å². The molecule has 1 unspecified atom stereocenters. The van der Waals surface area contributed by atoms with Crippen molar-refractivity contribution in [1.82, 2.24) is 0 Å². The van der Waals surface area contributed by atoms with Crippen molar-refractivity contribution in [2.75, 3.05) is 0 Å². The summed E-state index contributed by atoms with van der Waals surface area (Å²) in [5.74, 6) is 0.541. The quantitative estimate of drug-likeness (QED) is 0.108. The molecule has 0 aliphatic carbocycles. The molecule has 2 aromatic carbocycles. The monoisotopic (exact) mass is 537 g/mol. The average molecular weight is 538 g/mol. The number of rotatable bonds is 18. The summed E-state index contributed by atoms with van der Waals surface area (Å²) in [6.07, 6.45) is 16.8. The molecular weight excluding hydrogens is 499 g/mol. The molecule has 0 fully saturated rings. The minimum Gasteiger partial charge on any atom is -0.736 e. The molecule has 0 spiro atoms. The fourth-order valence-electron chi connectivity index (χ4n) is 3.89. The van der Waals surface area contributed by atoms with Gasteiger partial charge in [-0.3, -0.25) is 0 Å². The highest BCUT2D eigenvalue weighted by molar-refractivity contribution is 9.08. The fraction of sp³-hybridized carbons (Fsp3) is 0.556. The molecule has 4 nitrogen and oxygen atoms in total. The lowest BCUT2D eigenvalue weighted by Gasteiger charge is -2.24. The third-order valence-electron chi connectivity index (χ3n) is 5.70. The van der Waals surface area contributed by atoms with Gasteiger partial charge in [0.25, 0.3) is 0 Å². The summed E-state index contributed by atoms with van der Waals surface area (Å²) in [5, 5.41) is 0.620. The zero-order valence-corrected chi connectivity index (χ0v) is 22.5. The molecule has 0 radical (unpaired) electrons. The van der Waals surface area contributed by atoms with E-state index in [4.69, 9.17) is 9.05 Å². The molecule has 184 valence electrons. The summed E-state index contributed by atoms with van der Waals surface area (Å²) in [7, 11) is -4.51. The Morgan fingerprint density at radius 2 is 1.18 bits per heavy atom. The SMILES string of the molecule is CCCCCCCCCCCCCCc1cccc(OP(=O)([O-])Oc2cccc(CBr)c2)c1. The molecule has 0 amide bonds. The number of alkyl halides is 1. The van der Waals surface area contributed by atoms with E-state index >= 15 is 0 Å². The molecule has 2 rings (SSSR count). The molecule has 0 saturated carbocycles. The Kier molecular flexibility index (Phi) is 13.9. The molecule has 0 aliphatic rings. The van der Waals surface area contributed by atoms with E-state index in [0.29, 0.717) is 11.1 Å². The predicted molar refractivity (Wildman–Crippen MR) is 139 cm³/mol. The number of phosphoric acid groups is 1. The van der Waals surface area contributed by atoms with E-state index in [2.05, 4.69) is 22.9 Å². The van der Waals surface area contributed by atoms with Crippen LogP contribution in [-0.2, 0) is 16.3 Å². The number of benzene rings is 2. The summed E-state index contributed by atoms with van der Waals surface area (Å²) < 4.78 is 22.6. The standard InChI is InChI=1S/C27H40BrO4P/c1-2-3-4-5-6-7-8-9-10-11-12-13-16-24-17-14-19-26(21-24)31-33(29,30)32-27-20-15-18-25(22-27)23-28/h14-15,17-22H,2-13,16,23H2,1H3,(H,29,30)/p-1. The predicted octanol–water partition coefficient (Wildman–Crippen LogP) is 8.75. The second kappa shape index (κ2) is 16.4. The van der Waals surface area contributed by atoms with Crippen LogP contribution in [0.25, 0.3) is 0 Å². The topological polar surface area (TPSA) is 58.6 Å². The summed E-state index contributed by atoms with van der Waals surface area (Å²) in [6, 6.07) is 14.2. The zero-order chi connectivity index (χ0) is 23.8. The summed E-state index contributed by atoms with van der Waals surface area (Å²) in [4.78, 5) is 12.3. The zero-order valence-electron chi connectivity index (χ0n) is 20.0. The Bertz CT molecular complexity index is 842. The van der Waals surface area contributed by atoms with E-state index in [1.54, 1.807) is 30.3 Å². The Morgan fingerprint density at radius 3 is 1.70 bits per heavy atom. The van der Waals surface area contributed by atoms with E-state index in [0.717, 1.165) is 24.0 Å². The van der Waals surface area contributed by atoms with Crippen LogP contribution >= 0.6 is 23.8 Å². The summed E-state index contributed by atoms with van der Waals surface area (Å²) in [5.41, 5.74) is 2.01. The fourth-order valence-corrected chi connectivity index (χ4v) is 5.02. The van der Waals surface area contributed by atoms with Crippen molar-refractivity contribution in [3.63, 3.8) is 0 Å². The number of phosphoric ester groups is 1. The van der Waals surface area contributed by atoms with Crippen LogP contribution in [0.3, 0.4) is 0 Å². The van der Waals surface area contributed by atoms with Crippen molar-refractivity contribution >= 4 is 23.8 Å². The first-order valence-corrected chi connectivity index (χ1v) is 15.0. The molecule has 2 aromatic rings. The normalized spacial score (nSPS) is 12.9. The van der Waals surface area contributed by atoms with Gasteiger partial charge in [0.2, 0.25) is 0 Å². The highest BCUT2D eigenvalue weighted by Gasteiger charge is 2.14. The second-order valence-electron chi connectivity index (χ2n) is 8.70. The Morgan fingerprint density at radius 1 is 0.727 bits per heavy atom. The van der Waals surface area contributed by atoms with E-state index in [1.165, 1.54) is 70.6 Å². The maximum Gasteiger partial charge on any atom is 0.372 e. The number of unbranched alkanes of at least 4 members (excludes halogenated alkanes) is 11. The van der Waals surface area contributed by atoms with Gasteiger partial charge in [0, 0.05) is 5.33 Å². The van der Waals surface area contributed by atoms with Crippen molar-refractivity contribution in [3.8, 4) is 11.5 Å². The molecule has 0 heterocycles. The Hall–Kier alpha value is -1.29. The van der Waals surface area contributed by atoms with Crippen molar-refractivity contribution in [3.05, 3.63) is 59.7 Å². The molecule has 0 N–H and O–H groups in total. The third-order valence-corrected chi connectivity index (χ3v) is 7.22. The number of hydrogen-bond donors (Lipinski definition) is 0. The van der Waals surface area contributed by atoms with Crippen molar-refractivity contribution in [2.24, 2.45) is 0 Å². The van der Waals surface area contributed by atoms with Gasteiger partial charge in [-0.05, 0) is 48.2 Å². The lowest BCUT2D eigenvalue weighted by Crippen LogP contribution is -2.13. The minimum atomic E-state index is -4.51. The van der Waals surface area contributed by atoms with Crippen LogP contribution in [0.5, 0.6) is 11.5 Å². The lowest BCUT2D eigenvalue weighted by atomic mass is 10.0. The molecular formula is C27H39BrO4P-. The van der Waals surface area contributed by atoms with Crippen LogP contribution in [0.4, 0.5) is 0 Å². The largest absolute Gasteiger partial charge is 0.736 e. The molecule has 0 saturated heterocycles. The van der Waals surface area contributed by atoms with Crippen molar-refractivity contribution in [1.29, 1.82) is 0 Å². The lowest BCUT2D eigenvalue weighted by molar-refractivity contribution is -0.208. The van der Waals surface area contributed by atoms with Crippen LogP contribution in [0.2, 0.25) is 0 Å². The van der Waals surface area contributed by atoms with Gasteiger partial charge in [-0.1, -0.05) is 118 Å². The maximum atomic E-state index is 12.3. The van der Waals surface area contributed by atoms with Crippen LogP contribution in [0.15, 0.2) is 48.5 Å². The van der Waals surface area contributed by atoms with Crippen molar-refractivity contribution in [2.45, 2.75) is 95.7 Å². The highest BCUT2D eigenvalue weighted by Crippen LogP contribution is 2.41. The summed E-state index contributed by atoms with van der Waals surface area (Å²) >= 11 is 3.35. The number of aryl methyl sites for hydroxylation is 1. The highest BCUT2D eigenvalue weighted by atomic mass is 79.9.